The number of carbonyl (C=O) groups is 1. The Labute approximate surface area is 129 Å². The van der Waals surface area contributed by atoms with Gasteiger partial charge < -0.3 is 10.6 Å². The molecule has 0 spiro atoms. The van der Waals surface area contributed by atoms with Gasteiger partial charge in [-0.1, -0.05) is 22.9 Å². The fourth-order valence-corrected chi connectivity index (χ4v) is 2.79. The van der Waals surface area contributed by atoms with Gasteiger partial charge >= 0.3 is 0 Å². The third-order valence-electron chi connectivity index (χ3n) is 3.58. The molecule has 3 nitrogen and oxygen atoms in total. The first-order valence-corrected chi connectivity index (χ1v) is 7.15. The second kappa shape index (κ2) is 7.27. The summed E-state index contributed by atoms with van der Waals surface area (Å²) in [5.74, 6) is 0.562. The van der Waals surface area contributed by atoms with E-state index in [1.54, 1.807) is 0 Å². The van der Waals surface area contributed by atoms with Gasteiger partial charge in [0.1, 0.15) is 0 Å². The van der Waals surface area contributed by atoms with Crippen molar-refractivity contribution in [2.45, 2.75) is 26.3 Å². The molecule has 0 saturated carbocycles. The van der Waals surface area contributed by atoms with Gasteiger partial charge in [0.25, 0.3) is 5.91 Å². The molecule has 2 N–H and O–H groups in total. The summed E-state index contributed by atoms with van der Waals surface area (Å²) in [6, 6.07) is 5.98. The van der Waals surface area contributed by atoms with Crippen LogP contribution in [0.2, 0.25) is 0 Å². The molecule has 19 heavy (non-hydrogen) atoms. The minimum atomic E-state index is 0. The number of hydrogen-bond acceptors (Lipinski definition) is 2. The van der Waals surface area contributed by atoms with Crippen LogP contribution >= 0.6 is 28.3 Å². The largest absolute Gasteiger partial charge is 0.348 e. The molecule has 5 heteroatoms. The molecule has 0 radical (unpaired) electrons. The highest BCUT2D eigenvalue weighted by atomic mass is 79.9. The lowest BCUT2D eigenvalue weighted by molar-refractivity contribution is 0.0914. The van der Waals surface area contributed by atoms with Gasteiger partial charge in [-0.05, 0) is 49.6 Å². The Morgan fingerprint density at radius 1 is 1.47 bits per heavy atom. The normalized spacial score (nSPS) is 22.5. The van der Waals surface area contributed by atoms with Crippen molar-refractivity contribution in [2.24, 2.45) is 5.92 Å². The van der Waals surface area contributed by atoms with Crippen molar-refractivity contribution in [1.29, 1.82) is 0 Å². The van der Waals surface area contributed by atoms with E-state index in [4.69, 9.17) is 0 Å². The van der Waals surface area contributed by atoms with Crippen LogP contribution < -0.4 is 10.6 Å². The summed E-state index contributed by atoms with van der Waals surface area (Å²) in [4.78, 5) is 12.2. The summed E-state index contributed by atoms with van der Waals surface area (Å²) < 4.78 is 1.00. The van der Waals surface area contributed by atoms with Crippen LogP contribution in [0.5, 0.6) is 0 Å². The molecule has 0 aromatic heterocycles. The predicted molar refractivity (Wildman–Crippen MR) is 84.0 cm³/mol. The zero-order valence-corrected chi connectivity index (χ0v) is 13.6. The molecular formula is C14H20BrClN2O. The fraction of sp³-hybridized carbons (Fsp3) is 0.500. The highest BCUT2D eigenvalue weighted by molar-refractivity contribution is 9.10. The van der Waals surface area contributed by atoms with Crippen LogP contribution in [0, 0.1) is 12.8 Å². The SMILES string of the molecule is Cc1cc(Br)ccc1C(=O)NC1CNCCC1C.Cl. The van der Waals surface area contributed by atoms with Gasteiger partial charge in [0.15, 0.2) is 0 Å². The smallest absolute Gasteiger partial charge is 0.251 e. The van der Waals surface area contributed by atoms with Crippen molar-refractivity contribution in [3.63, 3.8) is 0 Å². The number of halogens is 2. The zero-order chi connectivity index (χ0) is 13.1. The Kier molecular flexibility index (Phi) is 6.30. The molecule has 1 aromatic rings. The topological polar surface area (TPSA) is 41.1 Å². The molecule has 1 aliphatic heterocycles. The summed E-state index contributed by atoms with van der Waals surface area (Å²) in [6.07, 6.45) is 1.12. The van der Waals surface area contributed by atoms with E-state index in [9.17, 15) is 4.79 Å². The van der Waals surface area contributed by atoms with E-state index in [1.807, 2.05) is 25.1 Å². The van der Waals surface area contributed by atoms with E-state index >= 15 is 0 Å². The Balaban J connectivity index is 0.00000180. The number of benzene rings is 1. The van der Waals surface area contributed by atoms with Crippen molar-refractivity contribution in [3.05, 3.63) is 33.8 Å². The summed E-state index contributed by atoms with van der Waals surface area (Å²) in [6.45, 7) is 6.07. The van der Waals surface area contributed by atoms with Gasteiger partial charge in [0.2, 0.25) is 0 Å². The van der Waals surface area contributed by atoms with E-state index in [0.717, 1.165) is 35.1 Å². The highest BCUT2D eigenvalue weighted by Gasteiger charge is 2.23. The molecule has 1 saturated heterocycles. The van der Waals surface area contributed by atoms with Crippen LogP contribution in [-0.2, 0) is 0 Å². The van der Waals surface area contributed by atoms with E-state index in [2.05, 4.69) is 33.5 Å². The van der Waals surface area contributed by atoms with E-state index in [-0.39, 0.29) is 24.4 Å². The number of nitrogens with one attached hydrogen (secondary N) is 2. The summed E-state index contributed by atoms with van der Waals surface area (Å²) in [7, 11) is 0. The summed E-state index contributed by atoms with van der Waals surface area (Å²) >= 11 is 3.41. The van der Waals surface area contributed by atoms with Gasteiger partial charge in [-0.15, -0.1) is 12.4 Å². The van der Waals surface area contributed by atoms with E-state index in [0.29, 0.717) is 5.92 Å². The van der Waals surface area contributed by atoms with Crippen LogP contribution in [0.1, 0.15) is 29.3 Å². The maximum absolute atomic E-state index is 12.2. The lowest BCUT2D eigenvalue weighted by Crippen LogP contribution is -2.50. The Hall–Kier alpha value is -0.580. The van der Waals surface area contributed by atoms with Crippen LogP contribution in [0.15, 0.2) is 22.7 Å². The minimum Gasteiger partial charge on any atom is -0.348 e. The standard InChI is InChI=1S/C14H19BrN2O.ClH/c1-9-5-6-16-8-13(9)17-14(18)12-4-3-11(15)7-10(12)2;/h3-4,7,9,13,16H,5-6,8H2,1-2H3,(H,17,18);1H. The maximum atomic E-state index is 12.2. The molecule has 1 aromatic carbocycles. The molecule has 0 aliphatic carbocycles. The molecule has 1 amide bonds. The Bertz CT molecular complexity index is 453. The average Bonchev–Trinajstić information content (AvgIpc) is 2.32. The van der Waals surface area contributed by atoms with Gasteiger partial charge in [-0.2, -0.15) is 0 Å². The first kappa shape index (κ1) is 16.5. The van der Waals surface area contributed by atoms with Crippen molar-refractivity contribution >= 4 is 34.2 Å². The fourth-order valence-electron chi connectivity index (χ4n) is 2.31. The van der Waals surface area contributed by atoms with Crippen molar-refractivity contribution in [1.82, 2.24) is 10.6 Å². The molecule has 2 unspecified atom stereocenters. The number of rotatable bonds is 2. The van der Waals surface area contributed by atoms with E-state index < -0.39 is 0 Å². The second-order valence-electron chi connectivity index (χ2n) is 5.01. The predicted octanol–water partition coefficient (Wildman–Crippen LogP) is 2.91. The van der Waals surface area contributed by atoms with E-state index in [1.165, 1.54) is 0 Å². The average molecular weight is 348 g/mol. The van der Waals surface area contributed by atoms with Crippen LogP contribution in [-0.4, -0.2) is 25.0 Å². The van der Waals surface area contributed by atoms with Gasteiger partial charge in [0.05, 0.1) is 0 Å². The van der Waals surface area contributed by atoms with Crippen molar-refractivity contribution in [3.8, 4) is 0 Å². The number of carbonyl (C=O) groups excluding carboxylic acids is 1. The van der Waals surface area contributed by atoms with Crippen molar-refractivity contribution in [2.75, 3.05) is 13.1 Å². The third kappa shape index (κ3) is 4.20. The summed E-state index contributed by atoms with van der Waals surface area (Å²) in [5.41, 5.74) is 1.76. The molecule has 1 aliphatic rings. The molecule has 1 fully saturated rings. The molecule has 2 atom stereocenters. The quantitative estimate of drug-likeness (QED) is 0.863. The highest BCUT2D eigenvalue weighted by Crippen LogP contribution is 2.17. The summed E-state index contributed by atoms with van der Waals surface area (Å²) in [5, 5.41) is 6.45. The zero-order valence-electron chi connectivity index (χ0n) is 11.2. The number of aryl methyl sites for hydroxylation is 1. The minimum absolute atomic E-state index is 0. The van der Waals surface area contributed by atoms with Crippen LogP contribution in [0.25, 0.3) is 0 Å². The molecule has 106 valence electrons. The van der Waals surface area contributed by atoms with Gasteiger partial charge in [-0.3, -0.25) is 4.79 Å². The van der Waals surface area contributed by atoms with Gasteiger partial charge in [0, 0.05) is 22.6 Å². The molecule has 0 bridgehead atoms. The molecule has 1 heterocycles. The molecule has 2 rings (SSSR count). The first-order chi connectivity index (χ1) is 8.58. The van der Waals surface area contributed by atoms with Crippen LogP contribution in [0.4, 0.5) is 0 Å². The first-order valence-electron chi connectivity index (χ1n) is 6.35. The Morgan fingerprint density at radius 3 is 2.84 bits per heavy atom. The number of hydrogen-bond donors (Lipinski definition) is 2. The number of piperidine rings is 1. The third-order valence-corrected chi connectivity index (χ3v) is 4.07. The number of amides is 1. The van der Waals surface area contributed by atoms with Crippen molar-refractivity contribution < 1.29 is 4.79 Å². The van der Waals surface area contributed by atoms with Gasteiger partial charge in [-0.25, -0.2) is 0 Å². The lowest BCUT2D eigenvalue weighted by atomic mass is 9.94. The molecular weight excluding hydrogens is 328 g/mol. The lowest BCUT2D eigenvalue weighted by Gasteiger charge is -2.30. The Morgan fingerprint density at radius 2 is 2.21 bits per heavy atom. The van der Waals surface area contributed by atoms with Crippen LogP contribution in [0.3, 0.4) is 0 Å². The second-order valence-corrected chi connectivity index (χ2v) is 5.92. The monoisotopic (exact) mass is 346 g/mol. The maximum Gasteiger partial charge on any atom is 0.251 e.